The fourth-order valence-corrected chi connectivity index (χ4v) is 1.44. The van der Waals surface area contributed by atoms with Gasteiger partial charge in [-0.15, -0.1) is 6.58 Å². The standard InChI is InChI=1S/C14H19NO/c1-3-8-14(15-12-16-11-4-2)13-9-6-5-7-10-13/h4-7,9-10H,2-3,8,11-12H2,1H3/b15-14-. The number of hydrogen-bond donors (Lipinski definition) is 0. The zero-order valence-corrected chi connectivity index (χ0v) is 9.86. The predicted octanol–water partition coefficient (Wildman–Crippen LogP) is 3.44. The molecule has 1 rings (SSSR count). The average Bonchev–Trinajstić information content (AvgIpc) is 2.34. The number of nitrogens with zero attached hydrogens (tertiary/aromatic N) is 1. The van der Waals surface area contributed by atoms with Crippen molar-refractivity contribution in [1.82, 2.24) is 0 Å². The van der Waals surface area contributed by atoms with Gasteiger partial charge in [0.2, 0.25) is 0 Å². The van der Waals surface area contributed by atoms with Crippen molar-refractivity contribution in [1.29, 1.82) is 0 Å². The molecule has 0 radical (unpaired) electrons. The van der Waals surface area contributed by atoms with E-state index in [1.807, 2.05) is 18.2 Å². The molecule has 0 unspecified atom stereocenters. The van der Waals surface area contributed by atoms with Crippen LogP contribution in [0, 0.1) is 0 Å². The van der Waals surface area contributed by atoms with E-state index in [0.29, 0.717) is 13.3 Å². The Labute approximate surface area is 97.7 Å². The molecule has 0 aromatic heterocycles. The molecule has 1 aromatic rings. The summed E-state index contributed by atoms with van der Waals surface area (Å²) in [6.07, 6.45) is 3.81. The van der Waals surface area contributed by atoms with Crippen LogP contribution in [-0.2, 0) is 4.74 Å². The van der Waals surface area contributed by atoms with Gasteiger partial charge in [0.1, 0.15) is 6.73 Å². The van der Waals surface area contributed by atoms with Crippen LogP contribution < -0.4 is 0 Å². The number of ether oxygens (including phenoxy) is 1. The minimum absolute atomic E-state index is 0.413. The van der Waals surface area contributed by atoms with E-state index >= 15 is 0 Å². The second-order valence-corrected chi connectivity index (χ2v) is 3.51. The SMILES string of the molecule is C=CCOC/N=C(/CCC)c1ccccc1. The lowest BCUT2D eigenvalue weighted by Gasteiger charge is -2.05. The number of benzene rings is 1. The van der Waals surface area contributed by atoms with Gasteiger partial charge < -0.3 is 4.74 Å². The van der Waals surface area contributed by atoms with Crippen LogP contribution in [0.5, 0.6) is 0 Å². The van der Waals surface area contributed by atoms with Gasteiger partial charge in [-0.25, -0.2) is 0 Å². The molecule has 86 valence electrons. The van der Waals surface area contributed by atoms with Crippen molar-refractivity contribution < 1.29 is 4.74 Å². The van der Waals surface area contributed by atoms with E-state index < -0.39 is 0 Å². The monoisotopic (exact) mass is 217 g/mol. The second-order valence-electron chi connectivity index (χ2n) is 3.51. The molecule has 2 nitrogen and oxygen atoms in total. The van der Waals surface area contributed by atoms with E-state index in [9.17, 15) is 0 Å². The smallest absolute Gasteiger partial charge is 0.138 e. The third-order valence-corrected chi connectivity index (χ3v) is 2.18. The Balaban J connectivity index is 2.63. The summed E-state index contributed by atoms with van der Waals surface area (Å²) in [5, 5.41) is 0. The first-order chi connectivity index (χ1) is 7.88. The van der Waals surface area contributed by atoms with Crippen molar-refractivity contribution in [3.05, 3.63) is 48.6 Å². The first kappa shape index (κ1) is 12.7. The van der Waals surface area contributed by atoms with Crippen molar-refractivity contribution in [3.63, 3.8) is 0 Å². The van der Waals surface area contributed by atoms with E-state index in [-0.39, 0.29) is 0 Å². The molecule has 0 atom stereocenters. The largest absolute Gasteiger partial charge is 0.355 e. The van der Waals surface area contributed by atoms with Crippen molar-refractivity contribution in [3.8, 4) is 0 Å². The molecule has 0 amide bonds. The molecule has 0 N–H and O–H groups in total. The molecule has 0 aliphatic carbocycles. The zero-order chi connectivity index (χ0) is 11.6. The summed E-state index contributed by atoms with van der Waals surface area (Å²) in [6.45, 7) is 6.72. The topological polar surface area (TPSA) is 21.6 Å². The fourth-order valence-electron chi connectivity index (χ4n) is 1.44. The highest BCUT2D eigenvalue weighted by molar-refractivity contribution is 6.00. The summed E-state index contributed by atoms with van der Waals surface area (Å²) >= 11 is 0. The van der Waals surface area contributed by atoms with Crippen molar-refractivity contribution in [2.75, 3.05) is 13.3 Å². The maximum Gasteiger partial charge on any atom is 0.138 e. The van der Waals surface area contributed by atoms with Gasteiger partial charge in [0, 0.05) is 5.71 Å². The average molecular weight is 217 g/mol. The quantitative estimate of drug-likeness (QED) is 0.389. The minimum atomic E-state index is 0.413. The molecule has 0 bridgehead atoms. The van der Waals surface area contributed by atoms with Crippen LogP contribution in [0.3, 0.4) is 0 Å². The van der Waals surface area contributed by atoms with Gasteiger partial charge in [-0.2, -0.15) is 0 Å². The van der Waals surface area contributed by atoms with Crippen LogP contribution in [0.2, 0.25) is 0 Å². The highest BCUT2D eigenvalue weighted by atomic mass is 16.5. The van der Waals surface area contributed by atoms with Gasteiger partial charge in [-0.3, -0.25) is 4.99 Å². The molecule has 1 aromatic carbocycles. The summed E-state index contributed by atoms with van der Waals surface area (Å²) in [4.78, 5) is 4.47. The first-order valence-corrected chi connectivity index (χ1v) is 5.66. The van der Waals surface area contributed by atoms with Gasteiger partial charge in [0.05, 0.1) is 6.61 Å². The maximum atomic E-state index is 5.28. The zero-order valence-electron chi connectivity index (χ0n) is 9.86. The van der Waals surface area contributed by atoms with E-state index in [0.717, 1.165) is 18.6 Å². The number of hydrogen-bond acceptors (Lipinski definition) is 2. The Kier molecular flexibility index (Phi) is 6.19. The molecule has 0 saturated heterocycles. The molecular formula is C14H19NO. The summed E-state index contributed by atoms with van der Waals surface area (Å²) in [7, 11) is 0. The van der Waals surface area contributed by atoms with Crippen LogP contribution >= 0.6 is 0 Å². The molecule has 0 spiro atoms. The van der Waals surface area contributed by atoms with E-state index in [1.54, 1.807) is 6.08 Å². The Bertz CT molecular complexity index is 330. The molecule has 16 heavy (non-hydrogen) atoms. The molecule has 0 aliphatic heterocycles. The lowest BCUT2D eigenvalue weighted by molar-refractivity contribution is 0.171. The van der Waals surface area contributed by atoms with Crippen LogP contribution in [0.4, 0.5) is 0 Å². The minimum Gasteiger partial charge on any atom is -0.355 e. The highest BCUT2D eigenvalue weighted by Crippen LogP contribution is 2.06. The normalized spacial score (nSPS) is 11.4. The molecular weight excluding hydrogens is 198 g/mol. The second kappa shape index (κ2) is 7.83. The Hall–Kier alpha value is -1.41. The lowest BCUT2D eigenvalue weighted by atomic mass is 10.1. The van der Waals surface area contributed by atoms with Crippen LogP contribution in [0.15, 0.2) is 48.0 Å². The summed E-state index contributed by atoms with van der Waals surface area (Å²) in [5.41, 5.74) is 2.30. The Morgan fingerprint density at radius 3 is 2.75 bits per heavy atom. The number of rotatable bonds is 7. The highest BCUT2D eigenvalue weighted by Gasteiger charge is 2.00. The molecule has 0 saturated carbocycles. The van der Waals surface area contributed by atoms with Crippen LogP contribution in [-0.4, -0.2) is 19.0 Å². The van der Waals surface area contributed by atoms with E-state index in [2.05, 4.69) is 30.6 Å². The lowest BCUT2D eigenvalue weighted by Crippen LogP contribution is -2.03. The Morgan fingerprint density at radius 2 is 2.12 bits per heavy atom. The first-order valence-electron chi connectivity index (χ1n) is 5.66. The third-order valence-electron chi connectivity index (χ3n) is 2.18. The predicted molar refractivity (Wildman–Crippen MR) is 68.9 cm³/mol. The van der Waals surface area contributed by atoms with Crippen LogP contribution in [0.25, 0.3) is 0 Å². The molecule has 0 aliphatic rings. The molecule has 0 heterocycles. The summed E-state index contributed by atoms with van der Waals surface area (Å²) in [5.74, 6) is 0. The van der Waals surface area contributed by atoms with Gasteiger partial charge >= 0.3 is 0 Å². The summed E-state index contributed by atoms with van der Waals surface area (Å²) in [6, 6.07) is 10.3. The summed E-state index contributed by atoms with van der Waals surface area (Å²) < 4.78 is 5.28. The third kappa shape index (κ3) is 4.41. The van der Waals surface area contributed by atoms with E-state index in [4.69, 9.17) is 4.74 Å². The van der Waals surface area contributed by atoms with Crippen molar-refractivity contribution in [2.45, 2.75) is 19.8 Å². The number of aliphatic imine (C=N–C) groups is 1. The molecule has 2 heteroatoms. The Morgan fingerprint density at radius 1 is 1.38 bits per heavy atom. The van der Waals surface area contributed by atoms with Gasteiger partial charge in [-0.05, 0) is 12.0 Å². The van der Waals surface area contributed by atoms with Gasteiger partial charge in [0.25, 0.3) is 0 Å². The van der Waals surface area contributed by atoms with Gasteiger partial charge in [-0.1, -0.05) is 49.8 Å². The van der Waals surface area contributed by atoms with Crippen molar-refractivity contribution >= 4 is 5.71 Å². The van der Waals surface area contributed by atoms with Crippen molar-refractivity contribution in [2.24, 2.45) is 4.99 Å². The maximum absolute atomic E-state index is 5.28. The van der Waals surface area contributed by atoms with E-state index in [1.165, 1.54) is 5.56 Å². The molecule has 0 fully saturated rings. The fraction of sp³-hybridized carbons (Fsp3) is 0.357. The van der Waals surface area contributed by atoms with Gasteiger partial charge in [0.15, 0.2) is 0 Å². The van der Waals surface area contributed by atoms with Crippen LogP contribution in [0.1, 0.15) is 25.3 Å².